The van der Waals surface area contributed by atoms with E-state index in [1.165, 1.54) is 5.56 Å². The molecule has 1 saturated heterocycles. The van der Waals surface area contributed by atoms with Crippen LogP contribution in [0.4, 0.5) is 0 Å². The van der Waals surface area contributed by atoms with Crippen molar-refractivity contribution in [1.82, 2.24) is 10.2 Å². The third-order valence-corrected chi connectivity index (χ3v) is 4.22. The summed E-state index contributed by atoms with van der Waals surface area (Å²) in [7, 11) is 0. The van der Waals surface area contributed by atoms with Crippen molar-refractivity contribution >= 4 is 11.8 Å². The molecule has 2 amide bonds. The molecule has 1 N–H and O–H groups in total. The van der Waals surface area contributed by atoms with Crippen molar-refractivity contribution in [2.45, 2.75) is 45.3 Å². The van der Waals surface area contributed by atoms with Crippen LogP contribution in [0.3, 0.4) is 0 Å². The number of hydrogen-bond acceptors (Lipinski definition) is 2. The Kier molecular flexibility index (Phi) is 3.24. The van der Waals surface area contributed by atoms with E-state index in [2.05, 4.69) is 11.4 Å². The summed E-state index contributed by atoms with van der Waals surface area (Å²) >= 11 is 0. The van der Waals surface area contributed by atoms with Gasteiger partial charge in [-0.15, -0.1) is 0 Å². The molecule has 1 aromatic carbocycles. The smallest absolute Gasteiger partial charge is 0.246 e. The van der Waals surface area contributed by atoms with Gasteiger partial charge < -0.3 is 10.2 Å². The van der Waals surface area contributed by atoms with Gasteiger partial charge in [0.1, 0.15) is 12.1 Å². The van der Waals surface area contributed by atoms with Gasteiger partial charge in [-0.1, -0.05) is 29.8 Å². The second-order valence-corrected chi connectivity index (χ2v) is 5.95. The summed E-state index contributed by atoms with van der Waals surface area (Å²) in [6.45, 7) is 4.34. The molecule has 1 aliphatic carbocycles. The van der Waals surface area contributed by atoms with Gasteiger partial charge >= 0.3 is 0 Å². The summed E-state index contributed by atoms with van der Waals surface area (Å²) in [5.41, 5.74) is 2.25. The summed E-state index contributed by atoms with van der Waals surface area (Å²) in [6.07, 6.45) is 2.09. The van der Waals surface area contributed by atoms with E-state index >= 15 is 0 Å². The first-order valence-corrected chi connectivity index (χ1v) is 7.22. The Morgan fingerprint density at radius 2 is 2.05 bits per heavy atom. The van der Waals surface area contributed by atoms with Gasteiger partial charge in [-0.25, -0.2) is 0 Å². The summed E-state index contributed by atoms with van der Waals surface area (Å²) in [4.78, 5) is 26.3. The SMILES string of the molecule is Cc1cccc(CN2C(=O)C(C3CC3)NC(=O)C2C)c1. The highest BCUT2D eigenvalue weighted by atomic mass is 16.2. The van der Waals surface area contributed by atoms with E-state index in [0.29, 0.717) is 12.5 Å². The molecule has 4 heteroatoms. The first-order valence-electron chi connectivity index (χ1n) is 7.22. The van der Waals surface area contributed by atoms with Gasteiger partial charge in [0.15, 0.2) is 0 Å². The Morgan fingerprint density at radius 3 is 2.70 bits per heavy atom. The van der Waals surface area contributed by atoms with Crippen LogP contribution in [0.2, 0.25) is 0 Å². The van der Waals surface area contributed by atoms with Crippen molar-refractivity contribution < 1.29 is 9.59 Å². The first-order chi connectivity index (χ1) is 9.56. The highest BCUT2D eigenvalue weighted by Crippen LogP contribution is 2.35. The average molecular weight is 272 g/mol. The zero-order valence-corrected chi connectivity index (χ0v) is 11.9. The molecule has 2 aliphatic rings. The largest absolute Gasteiger partial charge is 0.342 e. The molecular formula is C16H20N2O2. The Bertz CT molecular complexity index is 551. The standard InChI is InChI=1S/C16H20N2O2/c1-10-4-3-5-12(8-10)9-18-11(2)15(19)17-14(16(18)20)13-6-7-13/h3-5,8,11,13-14H,6-7,9H2,1-2H3,(H,17,19). The van der Waals surface area contributed by atoms with Crippen molar-refractivity contribution in [2.24, 2.45) is 5.92 Å². The van der Waals surface area contributed by atoms with Crippen LogP contribution in [-0.4, -0.2) is 28.8 Å². The Balaban J connectivity index is 1.81. The fourth-order valence-corrected chi connectivity index (χ4v) is 2.82. The molecule has 20 heavy (non-hydrogen) atoms. The zero-order chi connectivity index (χ0) is 14.3. The van der Waals surface area contributed by atoms with Gasteiger partial charge in [0.25, 0.3) is 0 Å². The molecular weight excluding hydrogens is 252 g/mol. The second kappa shape index (κ2) is 4.93. The molecule has 0 radical (unpaired) electrons. The van der Waals surface area contributed by atoms with Gasteiger partial charge in [0, 0.05) is 6.54 Å². The highest BCUT2D eigenvalue weighted by molar-refractivity contribution is 5.97. The third-order valence-electron chi connectivity index (χ3n) is 4.22. The minimum absolute atomic E-state index is 0.0332. The molecule has 106 valence electrons. The minimum atomic E-state index is -0.391. The predicted octanol–water partition coefficient (Wildman–Crippen LogP) is 1.62. The quantitative estimate of drug-likeness (QED) is 0.909. The molecule has 2 fully saturated rings. The molecule has 3 rings (SSSR count). The van der Waals surface area contributed by atoms with Crippen LogP contribution in [-0.2, 0) is 16.1 Å². The van der Waals surface area contributed by atoms with Crippen LogP contribution in [0.15, 0.2) is 24.3 Å². The fraction of sp³-hybridized carbons (Fsp3) is 0.500. The van der Waals surface area contributed by atoms with E-state index in [9.17, 15) is 9.59 Å². The molecule has 1 saturated carbocycles. The number of nitrogens with one attached hydrogen (secondary N) is 1. The number of hydrogen-bond donors (Lipinski definition) is 1. The van der Waals surface area contributed by atoms with E-state index in [-0.39, 0.29) is 17.9 Å². The van der Waals surface area contributed by atoms with Crippen LogP contribution in [0.5, 0.6) is 0 Å². The summed E-state index contributed by atoms with van der Waals surface area (Å²) in [5, 5.41) is 2.87. The fourth-order valence-electron chi connectivity index (χ4n) is 2.82. The second-order valence-electron chi connectivity index (χ2n) is 5.95. The molecule has 1 aromatic rings. The highest BCUT2D eigenvalue weighted by Gasteiger charge is 2.45. The Morgan fingerprint density at radius 1 is 1.30 bits per heavy atom. The van der Waals surface area contributed by atoms with Crippen molar-refractivity contribution in [1.29, 1.82) is 0 Å². The molecule has 0 bridgehead atoms. The third kappa shape index (κ3) is 2.42. The molecule has 0 aromatic heterocycles. The van der Waals surface area contributed by atoms with Crippen molar-refractivity contribution in [3.8, 4) is 0 Å². The van der Waals surface area contributed by atoms with Gasteiger partial charge in [-0.05, 0) is 38.2 Å². The van der Waals surface area contributed by atoms with Crippen LogP contribution in [0.1, 0.15) is 30.9 Å². The van der Waals surface area contributed by atoms with Gasteiger partial charge in [-0.3, -0.25) is 9.59 Å². The maximum absolute atomic E-state index is 12.6. The average Bonchev–Trinajstić information content (AvgIpc) is 3.23. The van der Waals surface area contributed by atoms with E-state index in [4.69, 9.17) is 0 Å². The van der Waals surface area contributed by atoms with E-state index in [1.54, 1.807) is 11.8 Å². The van der Waals surface area contributed by atoms with E-state index in [0.717, 1.165) is 18.4 Å². The lowest BCUT2D eigenvalue weighted by Crippen LogP contribution is -2.62. The number of aryl methyl sites for hydroxylation is 1. The van der Waals surface area contributed by atoms with Crippen LogP contribution in [0, 0.1) is 12.8 Å². The lowest BCUT2D eigenvalue weighted by molar-refractivity contribution is -0.149. The monoisotopic (exact) mass is 272 g/mol. The summed E-state index contributed by atoms with van der Waals surface area (Å²) < 4.78 is 0. The maximum Gasteiger partial charge on any atom is 0.246 e. The molecule has 1 aliphatic heterocycles. The normalized spacial score (nSPS) is 26.6. The maximum atomic E-state index is 12.6. The number of benzene rings is 1. The number of nitrogens with zero attached hydrogens (tertiary/aromatic N) is 1. The van der Waals surface area contributed by atoms with Gasteiger partial charge in [0.05, 0.1) is 0 Å². The summed E-state index contributed by atoms with van der Waals surface area (Å²) in [5.74, 6) is 0.384. The number of piperazine rings is 1. The minimum Gasteiger partial charge on any atom is -0.342 e. The first kappa shape index (κ1) is 13.2. The van der Waals surface area contributed by atoms with Crippen molar-refractivity contribution in [3.63, 3.8) is 0 Å². The lowest BCUT2D eigenvalue weighted by Gasteiger charge is -2.37. The topological polar surface area (TPSA) is 49.4 Å². The number of rotatable bonds is 3. The van der Waals surface area contributed by atoms with Gasteiger partial charge in [-0.2, -0.15) is 0 Å². The van der Waals surface area contributed by atoms with Crippen LogP contribution < -0.4 is 5.32 Å². The Labute approximate surface area is 119 Å². The van der Waals surface area contributed by atoms with Crippen LogP contribution >= 0.6 is 0 Å². The summed E-state index contributed by atoms with van der Waals surface area (Å²) in [6, 6.07) is 7.40. The number of carbonyl (C=O) groups is 2. The number of amides is 2. The van der Waals surface area contributed by atoms with Crippen LogP contribution in [0.25, 0.3) is 0 Å². The molecule has 4 nitrogen and oxygen atoms in total. The van der Waals surface area contributed by atoms with E-state index < -0.39 is 6.04 Å². The lowest BCUT2D eigenvalue weighted by atomic mass is 10.0. The molecule has 1 heterocycles. The molecule has 2 atom stereocenters. The predicted molar refractivity (Wildman–Crippen MR) is 75.8 cm³/mol. The van der Waals surface area contributed by atoms with Gasteiger partial charge in [0.2, 0.25) is 11.8 Å². The number of carbonyl (C=O) groups excluding carboxylic acids is 2. The molecule has 0 spiro atoms. The Hall–Kier alpha value is -1.84. The zero-order valence-electron chi connectivity index (χ0n) is 11.9. The van der Waals surface area contributed by atoms with Crippen molar-refractivity contribution in [2.75, 3.05) is 0 Å². The van der Waals surface area contributed by atoms with E-state index in [1.807, 2.05) is 25.1 Å². The molecule has 2 unspecified atom stereocenters. The van der Waals surface area contributed by atoms with Crippen molar-refractivity contribution in [3.05, 3.63) is 35.4 Å².